The van der Waals surface area contributed by atoms with Gasteiger partial charge in [-0.25, -0.2) is 8.42 Å². The standard InChI is InChI=1S/C24H21F3N2O5S/c25-24(26,27)34-20-7-4-8-21(13-20)35(32,33)28-19-11-9-18(10-12-19)22(30)29-15-23(31,16-29)14-17-5-2-1-3-6-17/h1-13,28,31H,14-16H2. The van der Waals surface area contributed by atoms with Gasteiger partial charge >= 0.3 is 6.36 Å². The van der Waals surface area contributed by atoms with E-state index in [4.69, 9.17) is 0 Å². The van der Waals surface area contributed by atoms with Crippen LogP contribution in [0.5, 0.6) is 5.75 Å². The van der Waals surface area contributed by atoms with Crippen molar-refractivity contribution in [3.05, 3.63) is 90.0 Å². The Labute approximate surface area is 199 Å². The molecule has 1 heterocycles. The maximum Gasteiger partial charge on any atom is 0.573 e. The fourth-order valence-corrected chi connectivity index (χ4v) is 4.90. The van der Waals surface area contributed by atoms with Gasteiger partial charge in [-0.2, -0.15) is 0 Å². The maximum atomic E-state index is 12.7. The van der Waals surface area contributed by atoms with Crippen molar-refractivity contribution >= 4 is 21.6 Å². The number of halogens is 3. The lowest BCUT2D eigenvalue weighted by atomic mass is 9.86. The van der Waals surface area contributed by atoms with Crippen LogP contribution < -0.4 is 9.46 Å². The molecule has 0 aromatic heterocycles. The molecule has 0 saturated carbocycles. The van der Waals surface area contributed by atoms with E-state index in [9.17, 15) is 31.5 Å². The Hall–Kier alpha value is -3.57. The van der Waals surface area contributed by atoms with Crippen molar-refractivity contribution in [2.45, 2.75) is 23.3 Å². The second-order valence-electron chi connectivity index (χ2n) is 8.25. The van der Waals surface area contributed by atoms with Gasteiger partial charge in [-0.15, -0.1) is 13.2 Å². The summed E-state index contributed by atoms with van der Waals surface area (Å²) in [5.74, 6) is -0.975. The van der Waals surface area contributed by atoms with Crippen LogP contribution in [0.3, 0.4) is 0 Å². The molecular formula is C24H21F3N2O5S. The summed E-state index contributed by atoms with van der Waals surface area (Å²) in [7, 11) is -4.21. The molecule has 0 spiro atoms. The topological polar surface area (TPSA) is 95.9 Å². The number of β-amino-alcohol motifs (C(OH)–C–C–N with tert-alkyl or cyclic N) is 1. The molecule has 3 aromatic rings. The Morgan fingerprint density at radius 1 is 1.00 bits per heavy atom. The molecule has 0 atom stereocenters. The first-order valence-corrected chi connectivity index (χ1v) is 12.0. The second kappa shape index (κ2) is 9.23. The van der Waals surface area contributed by atoms with E-state index in [1.807, 2.05) is 30.3 Å². The molecule has 7 nitrogen and oxygen atoms in total. The van der Waals surface area contributed by atoms with E-state index in [2.05, 4.69) is 9.46 Å². The van der Waals surface area contributed by atoms with Gasteiger partial charge < -0.3 is 14.7 Å². The number of ether oxygens (including phenoxy) is 1. The molecule has 0 bridgehead atoms. The molecule has 35 heavy (non-hydrogen) atoms. The predicted octanol–water partition coefficient (Wildman–Crippen LogP) is 3.82. The molecule has 11 heteroatoms. The number of benzene rings is 3. The lowest BCUT2D eigenvalue weighted by molar-refractivity contribution is -0.274. The van der Waals surface area contributed by atoms with Crippen molar-refractivity contribution < 1.29 is 36.2 Å². The molecule has 0 aliphatic carbocycles. The highest BCUT2D eigenvalue weighted by molar-refractivity contribution is 7.92. The van der Waals surface area contributed by atoms with Crippen LogP contribution in [-0.4, -0.2) is 49.4 Å². The summed E-state index contributed by atoms with van der Waals surface area (Å²) in [5.41, 5.74) is 0.383. The molecule has 1 amide bonds. The first kappa shape index (κ1) is 24.6. The van der Waals surface area contributed by atoms with Crippen LogP contribution in [0.25, 0.3) is 0 Å². The molecule has 184 valence electrons. The van der Waals surface area contributed by atoms with E-state index in [-0.39, 0.29) is 24.7 Å². The SMILES string of the molecule is O=C(c1ccc(NS(=O)(=O)c2cccc(OC(F)(F)F)c2)cc1)N1CC(O)(Cc2ccccc2)C1. The van der Waals surface area contributed by atoms with Crippen LogP contribution in [0.4, 0.5) is 18.9 Å². The van der Waals surface area contributed by atoms with Gasteiger partial charge in [0.2, 0.25) is 0 Å². The molecule has 1 fully saturated rings. The van der Waals surface area contributed by atoms with Crippen molar-refractivity contribution in [1.29, 1.82) is 0 Å². The zero-order valence-electron chi connectivity index (χ0n) is 18.2. The van der Waals surface area contributed by atoms with Crippen LogP contribution >= 0.6 is 0 Å². The molecule has 1 saturated heterocycles. The van der Waals surface area contributed by atoms with Gasteiger partial charge in [0.05, 0.1) is 18.0 Å². The first-order valence-electron chi connectivity index (χ1n) is 10.5. The van der Waals surface area contributed by atoms with Crippen molar-refractivity contribution in [1.82, 2.24) is 4.90 Å². The van der Waals surface area contributed by atoms with Crippen molar-refractivity contribution in [3.8, 4) is 5.75 Å². The molecular weight excluding hydrogens is 485 g/mol. The number of hydrogen-bond donors (Lipinski definition) is 2. The fourth-order valence-electron chi connectivity index (χ4n) is 3.81. The van der Waals surface area contributed by atoms with Crippen LogP contribution in [0, 0.1) is 0 Å². The molecule has 1 aliphatic heterocycles. The average Bonchev–Trinajstić information content (AvgIpc) is 2.77. The summed E-state index contributed by atoms with van der Waals surface area (Å²) in [6, 6.07) is 19.1. The summed E-state index contributed by atoms with van der Waals surface area (Å²) in [4.78, 5) is 13.8. The Morgan fingerprint density at radius 2 is 1.66 bits per heavy atom. The largest absolute Gasteiger partial charge is 0.573 e. The van der Waals surface area contributed by atoms with Gasteiger partial charge in [0.25, 0.3) is 15.9 Å². The van der Waals surface area contributed by atoms with Crippen LogP contribution in [0.1, 0.15) is 15.9 Å². The molecule has 2 N–H and O–H groups in total. The van der Waals surface area contributed by atoms with E-state index in [0.717, 1.165) is 29.8 Å². The van der Waals surface area contributed by atoms with E-state index < -0.39 is 32.6 Å². The average molecular weight is 507 g/mol. The normalized spacial score (nSPS) is 15.3. The molecule has 3 aromatic carbocycles. The van der Waals surface area contributed by atoms with E-state index in [1.165, 1.54) is 29.2 Å². The monoisotopic (exact) mass is 506 g/mol. The number of amides is 1. The number of alkyl halides is 3. The summed E-state index contributed by atoms with van der Waals surface area (Å²) < 4.78 is 68.4. The Kier molecular flexibility index (Phi) is 6.48. The highest BCUT2D eigenvalue weighted by Crippen LogP contribution is 2.28. The zero-order valence-corrected chi connectivity index (χ0v) is 19.0. The number of carbonyl (C=O) groups excluding carboxylic acids is 1. The van der Waals surface area contributed by atoms with Gasteiger partial charge in [0, 0.05) is 23.7 Å². The number of likely N-dealkylation sites (tertiary alicyclic amines) is 1. The summed E-state index contributed by atoms with van der Waals surface area (Å²) in [6.07, 6.45) is -4.53. The van der Waals surface area contributed by atoms with E-state index in [0.29, 0.717) is 12.0 Å². The lowest BCUT2D eigenvalue weighted by Crippen LogP contribution is -2.64. The Bertz CT molecular complexity index is 1310. The van der Waals surface area contributed by atoms with E-state index >= 15 is 0 Å². The Morgan fingerprint density at radius 3 is 2.29 bits per heavy atom. The molecule has 0 unspecified atom stereocenters. The molecule has 1 aliphatic rings. The fraction of sp³-hybridized carbons (Fsp3) is 0.208. The van der Waals surface area contributed by atoms with Crippen molar-refractivity contribution in [3.63, 3.8) is 0 Å². The van der Waals surface area contributed by atoms with Gasteiger partial charge in [-0.05, 0) is 42.0 Å². The minimum Gasteiger partial charge on any atom is -0.406 e. The number of sulfonamides is 1. The summed E-state index contributed by atoms with van der Waals surface area (Å²) >= 11 is 0. The van der Waals surface area contributed by atoms with Crippen LogP contribution in [-0.2, 0) is 16.4 Å². The van der Waals surface area contributed by atoms with Gasteiger partial charge in [-0.1, -0.05) is 36.4 Å². The molecule has 0 radical (unpaired) electrons. The Balaban J connectivity index is 1.38. The highest BCUT2D eigenvalue weighted by atomic mass is 32.2. The minimum absolute atomic E-state index is 0.118. The smallest absolute Gasteiger partial charge is 0.406 e. The third-order valence-corrected chi connectivity index (χ3v) is 6.75. The van der Waals surface area contributed by atoms with Crippen molar-refractivity contribution in [2.24, 2.45) is 0 Å². The first-order chi connectivity index (χ1) is 16.4. The minimum atomic E-state index is -4.95. The second-order valence-corrected chi connectivity index (χ2v) is 9.94. The lowest BCUT2D eigenvalue weighted by Gasteiger charge is -2.46. The third kappa shape index (κ3) is 6.11. The van der Waals surface area contributed by atoms with Gasteiger partial charge in [-0.3, -0.25) is 9.52 Å². The number of rotatable bonds is 7. The highest BCUT2D eigenvalue weighted by Gasteiger charge is 2.43. The van der Waals surface area contributed by atoms with Crippen molar-refractivity contribution in [2.75, 3.05) is 17.8 Å². The number of aliphatic hydroxyl groups is 1. The maximum absolute atomic E-state index is 12.7. The van der Waals surface area contributed by atoms with Gasteiger partial charge in [0.1, 0.15) is 11.4 Å². The zero-order chi connectivity index (χ0) is 25.3. The number of anilines is 1. The van der Waals surface area contributed by atoms with Gasteiger partial charge in [0.15, 0.2) is 0 Å². The summed E-state index contributed by atoms with van der Waals surface area (Å²) in [6.45, 7) is 0.344. The number of nitrogens with one attached hydrogen (secondary N) is 1. The quantitative estimate of drug-likeness (QED) is 0.508. The number of nitrogens with zero attached hydrogens (tertiary/aromatic N) is 1. The number of hydrogen-bond acceptors (Lipinski definition) is 5. The molecule has 4 rings (SSSR count). The summed E-state index contributed by atoms with van der Waals surface area (Å²) in [5, 5.41) is 10.6. The van der Waals surface area contributed by atoms with Crippen LogP contribution in [0.2, 0.25) is 0 Å². The van der Waals surface area contributed by atoms with E-state index in [1.54, 1.807) is 0 Å². The predicted molar refractivity (Wildman–Crippen MR) is 121 cm³/mol. The van der Waals surface area contributed by atoms with Crippen LogP contribution in [0.15, 0.2) is 83.8 Å². The number of carbonyl (C=O) groups is 1. The third-order valence-electron chi connectivity index (χ3n) is 5.37.